The Morgan fingerprint density at radius 2 is 1.46 bits per heavy atom. The molecule has 0 saturated carbocycles. The molecule has 0 saturated heterocycles. The van der Waals surface area contributed by atoms with Gasteiger partial charge in [-0.2, -0.15) is 0 Å². The van der Waals surface area contributed by atoms with Gasteiger partial charge in [-0.1, -0.05) is 54.6 Å². The second kappa shape index (κ2) is 11.0. The van der Waals surface area contributed by atoms with Crippen LogP contribution in [0.3, 0.4) is 0 Å². The van der Waals surface area contributed by atoms with Gasteiger partial charge in [0.25, 0.3) is 0 Å². The summed E-state index contributed by atoms with van der Waals surface area (Å²) in [6.45, 7) is 2.46. The van der Waals surface area contributed by atoms with Crippen LogP contribution in [0.4, 0.5) is 0 Å². The first-order valence-electron chi connectivity index (χ1n) is 7.89. The summed E-state index contributed by atoms with van der Waals surface area (Å²) in [5, 5.41) is 6.73. The largest absolute Gasteiger partial charge is 0.352 e. The van der Waals surface area contributed by atoms with Crippen LogP contribution >= 0.6 is 24.0 Å². The SMILES string of the molecule is CN=C(NCc1ccccc1)NCc1ccccc1CN(C)C.I. The molecule has 0 spiro atoms. The van der Waals surface area contributed by atoms with Gasteiger partial charge in [-0.05, 0) is 30.8 Å². The summed E-state index contributed by atoms with van der Waals surface area (Å²) < 4.78 is 0. The van der Waals surface area contributed by atoms with E-state index in [-0.39, 0.29) is 24.0 Å². The standard InChI is InChI=1S/C19H26N4.HI/c1-20-19(21-13-16-9-5-4-6-10-16)22-14-17-11-7-8-12-18(17)15-23(2)3;/h4-12H,13-15H2,1-3H3,(H2,20,21,22);1H. The predicted molar refractivity (Wildman–Crippen MR) is 113 cm³/mol. The van der Waals surface area contributed by atoms with Gasteiger partial charge in [0, 0.05) is 26.7 Å². The Morgan fingerprint density at radius 1 is 0.875 bits per heavy atom. The molecule has 0 fully saturated rings. The fraction of sp³-hybridized carbons (Fsp3) is 0.316. The number of rotatable bonds is 6. The smallest absolute Gasteiger partial charge is 0.191 e. The lowest BCUT2D eigenvalue weighted by Gasteiger charge is -2.16. The average Bonchev–Trinajstić information content (AvgIpc) is 2.57. The molecule has 2 rings (SSSR count). The average molecular weight is 438 g/mol. The molecule has 2 aromatic rings. The second-order valence-electron chi connectivity index (χ2n) is 5.77. The maximum absolute atomic E-state index is 4.29. The summed E-state index contributed by atoms with van der Waals surface area (Å²) in [5.41, 5.74) is 3.87. The molecule has 0 radical (unpaired) electrons. The highest BCUT2D eigenvalue weighted by atomic mass is 127. The van der Waals surface area contributed by atoms with Gasteiger partial charge < -0.3 is 15.5 Å². The molecule has 0 aromatic heterocycles. The first kappa shape index (κ1) is 20.4. The van der Waals surface area contributed by atoms with Crippen LogP contribution in [0.1, 0.15) is 16.7 Å². The van der Waals surface area contributed by atoms with Crippen molar-refractivity contribution in [3.8, 4) is 0 Å². The van der Waals surface area contributed by atoms with E-state index in [4.69, 9.17) is 0 Å². The highest BCUT2D eigenvalue weighted by Gasteiger charge is 2.04. The van der Waals surface area contributed by atoms with Crippen molar-refractivity contribution in [1.29, 1.82) is 0 Å². The van der Waals surface area contributed by atoms with Crippen LogP contribution in [0.2, 0.25) is 0 Å². The van der Waals surface area contributed by atoms with Gasteiger partial charge in [0.15, 0.2) is 5.96 Å². The first-order valence-corrected chi connectivity index (χ1v) is 7.89. The fourth-order valence-electron chi connectivity index (χ4n) is 2.41. The fourth-order valence-corrected chi connectivity index (χ4v) is 2.41. The van der Waals surface area contributed by atoms with Crippen molar-refractivity contribution in [2.24, 2.45) is 4.99 Å². The lowest BCUT2D eigenvalue weighted by molar-refractivity contribution is 0.400. The Hall–Kier alpha value is -1.60. The minimum atomic E-state index is 0. The zero-order valence-electron chi connectivity index (χ0n) is 14.6. The van der Waals surface area contributed by atoms with Gasteiger partial charge >= 0.3 is 0 Å². The van der Waals surface area contributed by atoms with E-state index in [1.807, 2.05) is 18.2 Å². The molecule has 24 heavy (non-hydrogen) atoms. The van der Waals surface area contributed by atoms with Gasteiger partial charge in [-0.15, -0.1) is 24.0 Å². The van der Waals surface area contributed by atoms with E-state index in [2.05, 4.69) is 71.0 Å². The Balaban J connectivity index is 0.00000288. The van der Waals surface area contributed by atoms with Crippen molar-refractivity contribution < 1.29 is 0 Å². The van der Waals surface area contributed by atoms with Gasteiger partial charge in [0.1, 0.15) is 0 Å². The maximum Gasteiger partial charge on any atom is 0.191 e. The Morgan fingerprint density at radius 3 is 2.08 bits per heavy atom. The number of aliphatic imine (C=N–C) groups is 1. The van der Waals surface area contributed by atoms with E-state index in [0.29, 0.717) is 0 Å². The molecule has 0 aliphatic heterocycles. The molecule has 0 bridgehead atoms. The molecular formula is C19H27IN4. The molecule has 5 heteroatoms. The minimum absolute atomic E-state index is 0. The molecule has 0 atom stereocenters. The lowest BCUT2D eigenvalue weighted by atomic mass is 10.1. The highest BCUT2D eigenvalue weighted by Crippen LogP contribution is 2.10. The van der Waals surface area contributed by atoms with Crippen molar-refractivity contribution in [2.45, 2.75) is 19.6 Å². The molecule has 2 aromatic carbocycles. The van der Waals surface area contributed by atoms with Crippen molar-refractivity contribution in [3.05, 3.63) is 71.3 Å². The summed E-state index contributed by atoms with van der Waals surface area (Å²) >= 11 is 0. The number of benzene rings is 2. The molecule has 0 amide bonds. The third kappa shape index (κ3) is 6.88. The summed E-state index contributed by atoms with van der Waals surface area (Å²) in [6.07, 6.45) is 0. The van der Waals surface area contributed by atoms with Crippen LogP contribution in [-0.2, 0) is 19.6 Å². The van der Waals surface area contributed by atoms with Crippen LogP contribution in [0.15, 0.2) is 59.6 Å². The number of hydrogen-bond acceptors (Lipinski definition) is 2. The van der Waals surface area contributed by atoms with E-state index >= 15 is 0 Å². The summed E-state index contributed by atoms with van der Waals surface area (Å²) in [7, 11) is 5.97. The summed E-state index contributed by atoms with van der Waals surface area (Å²) in [5.74, 6) is 0.813. The molecular weight excluding hydrogens is 411 g/mol. The lowest BCUT2D eigenvalue weighted by Crippen LogP contribution is -2.36. The Kier molecular flexibility index (Phi) is 9.41. The van der Waals surface area contributed by atoms with Crippen molar-refractivity contribution >= 4 is 29.9 Å². The minimum Gasteiger partial charge on any atom is -0.352 e. The van der Waals surface area contributed by atoms with Crippen molar-refractivity contribution in [3.63, 3.8) is 0 Å². The molecule has 0 aliphatic carbocycles. The van der Waals surface area contributed by atoms with Gasteiger partial charge in [0.05, 0.1) is 0 Å². The molecule has 0 aliphatic rings. The predicted octanol–water partition coefficient (Wildman–Crippen LogP) is 3.23. The molecule has 130 valence electrons. The number of nitrogens with zero attached hydrogens (tertiary/aromatic N) is 2. The number of nitrogens with one attached hydrogen (secondary N) is 2. The van der Waals surface area contributed by atoms with Crippen LogP contribution < -0.4 is 10.6 Å². The zero-order chi connectivity index (χ0) is 16.5. The Labute approximate surface area is 162 Å². The van der Waals surface area contributed by atoms with Crippen molar-refractivity contribution in [1.82, 2.24) is 15.5 Å². The maximum atomic E-state index is 4.29. The van der Waals surface area contributed by atoms with Crippen LogP contribution in [0, 0.1) is 0 Å². The third-order valence-electron chi connectivity index (χ3n) is 3.58. The van der Waals surface area contributed by atoms with E-state index in [9.17, 15) is 0 Å². The molecule has 2 N–H and O–H groups in total. The van der Waals surface area contributed by atoms with Gasteiger partial charge in [0.2, 0.25) is 0 Å². The van der Waals surface area contributed by atoms with E-state index < -0.39 is 0 Å². The summed E-state index contributed by atoms with van der Waals surface area (Å²) in [4.78, 5) is 6.47. The zero-order valence-corrected chi connectivity index (χ0v) is 17.0. The topological polar surface area (TPSA) is 39.7 Å². The number of guanidine groups is 1. The Bertz CT molecular complexity index is 626. The number of hydrogen-bond donors (Lipinski definition) is 2. The molecule has 0 heterocycles. The summed E-state index contributed by atoms with van der Waals surface area (Å²) in [6, 6.07) is 18.8. The van der Waals surface area contributed by atoms with Crippen LogP contribution in [-0.4, -0.2) is 32.0 Å². The third-order valence-corrected chi connectivity index (χ3v) is 3.58. The number of halogens is 1. The van der Waals surface area contributed by atoms with Crippen LogP contribution in [0.25, 0.3) is 0 Å². The van der Waals surface area contributed by atoms with E-state index in [0.717, 1.165) is 25.6 Å². The van der Waals surface area contributed by atoms with Gasteiger partial charge in [-0.3, -0.25) is 4.99 Å². The monoisotopic (exact) mass is 438 g/mol. The highest BCUT2D eigenvalue weighted by molar-refractivity contribution is 14.0. The molecule has 0 unspecified atom stereocenters. The van der Waals surface area contributed by atoms with E-state index in [1.54, 1.807) is 7.05 Å². The molecule has 4 nitrogen and oxygen atoms in total. The van der Waals surface area contributed by atoms with Gasteiger partial charge in [-0.25, -0.2) is 0 Å². The second-order valence-corrected chi connectivity index (χ2v) is 5.77. The normalized spacial score (nSPS) is 11.1. The van der Waals surface area contributed by atoms with E-state index in [1.165, 1.54) is 16.7 Å². The van der Waals surface area contributed by atoms with Crippen molar-refractivity contribution in [2.75, 3.05) is 21.1 Å². The van der Waals surface area contributed by atoms with Crippen LogP contribution in [0.5, 0.6) is 0 Å². The first-order chi connectivity index (χ1) is 11.2. The quantitative estimate of drug-likeness (QED) is 0.414.